The van der Waals surface area contributed by atoms with Gasteiger partial charge in [0.2, 0.25) is 0 Å². The van der Waals surface area contributed by atoms with E-state index in [0.717, 1.165) is 6.08 Å². The molecule has 11 heavy (non-hydrogen) atoms. The number of allylic oxidation sites excluding steroid dienone is 1. The summed E-state index contributed by atoms with van der Waals surface area (Å²) in [5, 5.41) is 0. The van der Waals surface area contributed by atoms with Crippen LogP contribution in [-0.4, -0.2) is 18.4 Å². The maximum absolute atomic E-state index is 11.9. The number of halogens is 3. The molecule has 0 N–H and O–H groups in total. The van der Waals surface area contributed by atoms with Gasteiger partial charge in [-0.15, -0.1) is 0 Å². The summed E-state index contributed by atoms with van der Waals surface area (Å²) in [5.41, 5.74) is 0.658. The third-order valence-corrected chi connectivity index (χ3v) is 1.53. The Labute approximate surface area is 62.6 Å². The molecule has 1 aliphatic heterocycles. The highest BCUT2D eigenvalue weighted by Crippen LogP contribution is 2.28. The molecule has 1 nitrogen and oxygen atoms in total. The highest BCUT2D eigenvalue weighted by atomic mass is 19.4. The summed E-state index contributed by atoms with van der Waals surface area (Å²) in [6.07, 6.45) is -1.58. The van der Waals surface area contributed by atoms with Crippen molar-refractivity contribution in [2.45, 2.75) is 13.1 Å². The summed E-state index contributed by atoms with van der Waals surface area (Å²) in [6, 6.07) is 0. The zero-order chi connectivity index (χ0) is 8.48. The van der Waals surface area contributed by atoms with Crippen LogP contribution in [0.25, 0.3) is 0 Å². The molecule has 1 atom stereocenters. The summed E-state index contributed by atoms with van der Waals surface area (Å²) in [6.45, 7) is 1.52. The van der Waals surface area contributed by atoms with Crippen LogP contribution in [0.2, 0.25) is 0 Å². The lowest BCUT2D eigenvalue weighted by Gasteiger charge is -2.17. The third-order valence-electron chi connectivity index (χ3n) is 1.53. The van der Waals surface area contributed by atoms with E-state index < -0.39 is 12.1 Å². The van der Waals surface area contributed by atoms with Crippen LogP contribution in [0.1, 0.15) is 6.92 Å². The van der Waals surface area contributed by atoms with Gasteiger partial charge in [-0.3, -0.25) is 4.99 Å². The van der Waals surface area contributed by atoms with Crippen LogP contribution in [0, 0.1) is 5.92 Å². The zero-order valence-corrected chi connectivity index (χ0v) is 6.02. The molecule has 1 aliphatic rings. The average molecular weight is 163 g/mol. The quantitative estimate of drug-likeness (QED) is 0.519. The van der Waals surface area contributed by atoms with Crippen LogP contribution < -0.4 is 0 Å². The predicted octanol–water partition coefficient (Wildman–Crippen LogP) is 2.20. The van der Waals surface area contributed by atoms with Crippen molar-refractivity contribution in [2.75, 3.05) is 6.54 Å². The van der Waals surface area contributed by atoms with E-state index in [1.807, 2.05) is 0 Å². The minimum Gasteiger partial charge on any atom is -0.289 e. The first-order valence-corrected chi connectivity index (χ1v) is 3.26. The number of alkyl halides is 3. The molecule has 0 spiro atoms. The van der Waals surface area contributed by atoms with Gasteiger partial charge in [0.05, 0.1) is 12.5 Å². The third kappa shape index (κ3) is 2.06. The lowest BCUT2D eigenvalue weighted by Crippen LogP contribution is -2.25. The number of aliphatic imine (C=N–C) groups is 1. The Morgan fingerprint density at radius 3 is 2.55 bits per heavy atom. The number of hydrogen-bond donors (Lipinski definition) is 0. The highest BCUT2D eigenvalue weighted by molar-refractivity contribution is 5.93. The first-order chi connectivity index (χ1) is 5.00. The molecule has 0 aromatic rings. The van der Waals surface area contributed by atoms with Gasteiger partial charge in [-0.1, -0.05) is 6.08 Å². The molecule has 0 aromatic heterocycles. The Morgan fingerprint density at radius 1 is 1.55 bits per heavy atom. The summed E-state index contributed by atoms with van der Waals surface area (Å²) in [4.78, 5) is 3.69. The molecular weight excluding hydrogens is 155 g/mol. The van der Waals surface area contributed by atoms with Crippen molar-refractivity contribution in [2.24, 2.45) is 10.9 Å². The van der Waals surface area contributed by atoms with Crippen molar-refractivity contribution in [3.05, 3.63) is 12.2 Å². The van der Waals surface area contributed by atoms with Gasteiger partial charge in [-0.05, 0) is 13.0 Å². The largest absolute Gasteiger partial charge is 0.396 e. The zero-order valence-electron chi connectivity index (χ0n) is 6.02. The van der Waals surface area contributed by atoms with Crippen molar-refractivity contribution in [1.29, 1.82) is 0 Å². The molecule has 0 aromatic carbocycles. The fraction of sp³-hybridized carbons (Fsp3) is 0.571. The Hall–Kier alpha value is -0.800. The van der Waals surface area contributed by atoms with Gasteiger partial charge in [0, 0.05) is 5.71 Å². The molecule has 1 unspecified atom stereocenters. The molecular formula is C7H8F3N. The van der Waals surface area contributed by atoms with Crippen LogP contribution in [0.15, 0.2) is 17.1 Å². The van der Waals surface area contributed by atoms with E-state index >= 15 is 0 Å². The Balaban J connectivity index is 2.63. The van der Waals surface area contributed by atoms with E-state index in [2.05, 4.69) is 4.99 Å². The molecule has 0 amide bonds. The summed E-state index contributed by atoms with van der Waals surface area (Å²) in [5.74, 6) is -1.38. The minimum atomic E-state index is -4.14. The summed E-state index contributed by atoms with van der Waals surface area (Å²) in [7, 11) is 0. The SMILES string of the molecule is CC1=NCC(C(F)(F)F)C=C1. The topological polar surface area (TPSA) is 12.4 Å². The molecule has 1 rings (SSSR count). The molecule has 1 heterocycles. The number of rotatable bonds is 0. The first-order valence-electron chi connectivity index (χ1n) is 3.26. The number of nitrogens with zero attached hydrogens (tertiary/aromatic N) is 1. The van der Waals surface area contributed by atoms with Gasteiger partial charge in [-0.25, -0.2) is 0 Å². The van der Waals surface area contributed by atoms with Crippen LogP contribution in [0.4, 0.5) is 13.2 Å². The summed E-state index contributed by atoms with van der Waals surface area (Å²) < 4.78 is 35.8. The van der Waals surface area contributed by atoms with Crippen molar-refractivity contribution >= 4 is 5.71 Å². The van der Waals surface area contributed by atoms with E-state index in [1.165, 1.54) is 6.08 Å². The first kappa shape index (κ1) is 8.30. The number of hydrogen-bond acceptors (Lipinski definition) is 1. The van der Waals surface area contributed by atoms with Crippen LogP contribution in [-0.2, 0) is 0 Å². The molecule has 0 aliphatic carbocycles. The van der Waals surface area contributed by atoms with E-state index in [9.17, 15) is 13.2 Å². The molecule has 0 saturated carbocycles. The van der Waals surface area contributed by atoms with Gasteiger partial charge < -0.3 is 0 Å². The maximum atomic E-state index is 11.9. The van der Waals surface area contributed by atoms with Crippen molar-refractivity contribution in [3.63, 3.8) is 0 Å². The van der Waals surface area contributed by atoms with Crippen LogP contribution in [0.3, 0.4) is 0 Å². The average Bonchev–Trinajstić information content (AvgIpc) is 1.86. The molecule has 0 radical (unpaired) electrons. The van der Waals surface area contributed by atoms with Gasteiger partial charge in [-0.2, -0.15) is 13.2 Å². The fourth-order valence-electron chi connectivity index (χ4n) is 0.824. The normalized spacial score (nSPS) is 25.1. The van der Waals surface area contributed by atoms with Crippen molar-refractivity contribution < 1.29 is 13.2 Å². The Morgan fingerprint density at radius 2 is 2.18 bits per heavy atom. The fourth-order valence-corrected chi connectivity index (χ4v) is 0.824. The van der Waals surface area contributed by atoms with Gasteiger partial charge in [0.15, 0.2) is 0 Å². The Bertz CT molecular complexity index is 202. The van der Waals surface area contributed by atoms with Crippen molar-refractivity contribution in [3.8, 4) is 0 Å². The highest BCUT2D eigenvalue weighted by Gasteiger charge is 2.38. The minimum absolute atomic E-state index is 0.161. The second-order valence-corrected chi connectivity index (χ2v) is 2.49. The lowest BCUT2D eigenvalue weighted by molar-refractivity contribution is -0.158. The lowest BCUT2D eigenvalue weighted by atomic mass is 10.1. The smallest absolute Gasteiger partial charge is 0.289 e. The van der Waals surface area contributed by atoms with E-state index in [4.69, 9.17) is 0 Å². The molecule has 0 saturated heterocycles. The monoisotopic (exact) mass is 163 g/mol. The van der Waals surface area contributed by atoms with Crippen LogP contribution >= 0.6 is 0 Å². The van der Waals surface area contributed by atoms with Gasteiger partial charge >= 0.3 is 6.18 Å². The van der Waals surface area contributed by atoms with E-state index in [0.29, 0.717) is 5.71 Å². The second-order valence-electron chi connectivity index (χ2n) is 2.49. The number of dihydropyridines is 1. The Kier molecular flexibility index (Phi) is 2.02. The van der Waals surface area contributed by atoms with E-state index in [-0.39, 0.29) is 6.54 Å². The van der Waals surface area contributed by atoms with Gasteiger partial charge in [0.25, 0.3) is 0 Å². The van der Waals surface area contributed by atoms with Crippen LogP contribution in [0.5, 0.6) is 0 Å². The standard InChI is InChI=1S/C7H8F3N/c1-5-2-3-6(4-11-5)7(8,9)10/h2-3,6H,4H2,1H3. The second kappa shape index (κ2) is 2.68. The molecule has 0 fully saturated rings. The molecule has 62 valence electrons. The maximum Gasteiger partial charge on any atom is 0.396 e. The summed E-state index contributed by atoms with van der Waals surface area (Å²) >= 11 is 0. The van der Waals surface area contributed by atoms with Gasteiger partial charge in [0.1, 0.15) is 0 Å². The van der Waals surface area contributed by atoms with Crippen molar-refractivity contribution in [1.82, 2.24) is 0 Å². The predicted molar refractivity (Wildman–Crippen MR) is 36.7 cm³/mol. The molecule has 4 heteroatoms. The molecule has 0 bridgehead atoms. The van der Waals surface area contributed by atoms with E-state index in [1.54, 1.807) is 6.92 Å².